The number of phenolic OH excluding ortho intramolecular Hbond substituents is 1. The summed E-state index contributed by atoms with van der Waals surface area (Å²) in [6, 6.07) is 16.0. The predicted molar refractivity (Wildman–Crippen MR) is 89.0 cm³/mol. The van der Waals surface area contributed by atoms with Gasteiger partial charge in [0.25, 0.3) is 0 Å². The molecule has 0 aliphatic heterocycles. The smallest absolute Gasteiger partial charge is 0.115 e. The lowest BCUT2D eigenvalue weighted by Crippen LogP contribution is -2.28. The van der Waals surface area contributed by atoms with Crippen molar-refractivity contribution in [1.82, 2.24) is 5.32 Å². The Morgan fingerprint density at radius 1 is 0.952 bits per heavy atom. The molecule has 0 aliphatic carbocycles. The van der Waals surface area contributed by atoms with Crippen molar-refractivity contribution >= 4 is 11.6 Å². The van der Waals surface area contributed by atoms with Crippen LogP contribution in [0.3, 0.4) is 0 Å². The Hall–Kier alpha value is -1.51. The number of phenols is 1. The molecular weight excluding hydrogens is 282 g/mol. The van der Waals surface area contributed by atoms with Gasteiger partial charge < -0.3 is 10.4 Å². The van der Waals surface area contributed by atoms with Crippen LogP contribution < -0.4 is 5.32 Å². The van der Waals surface area contributed by atoms with E-state index in [1.165, 1.54) is 11.1 Å². The SMILES string of the molecule is CC(CCc1ccc(O)cc1)NCCc1ccc(Cl)cc1. The summed E-state index contributed by atoms with van der Waals surface area (Å²) in [6.07, 6.45) is 3.13. The summed E-state index contributed by atoms with van der Waals surface area (Å²) in [7, 11) is 0. The van der Waals surface area contributed by atoms with E-state index in [0.717, 1.165) is 30.8 Å². The molecule has 2 N–H and O–H groups in total. The molecule has 0 heterocycles. The van der Waals surface area contributed by atoms with Crippen molar-refractivity contribution < 1.29 is 5.11 Å². The van der Waals surface area contributed by atoms with Gasteiger partial charge in [-0.1, -0.05) is 35.9 Å². The van der Waals surface area contributed by atoms with Gasteiger partial charge in [-0.3, -0.25) is 0 Å². The number of hydrogen-bond donors (Lipinski definition) is 2. The fraction of sp³-hybridized carbons (Fsp3) is 0.333. The summed E-state index contributed by atoms with van der Waals surface area (Å²) in [5, 5.41) is 13.6. The van der Waals surface area contributed by atoms with Gasteiger partial charge in [0.05, 0.1) is 0 Å². The third-order valence-corrected chi connectivity index (χ3v) is 3.87. The molecule has 2 rings (SSSR count). The Morgan fingerprint density at radius 3 is 2.19 bits per heavy atom. The van der Waals surface area contributed by atoms with Crippen LogP contribution in [0.2, 0.25) is 5.02 Å². The highest BCUT2D eigenvalue weighted by molar-refractivity contribution is 6.30. The summed E-state index contributed by atoms with van der Waals surface area (Å²) in [6.45, 7) is 3.18. The van der Waals surface area contributed by atoms with Crippen LogP contribution in [0.5, 0.6) is 5.75 Å². The van der Waals surface area contributed by atoms with Crippen LogP contribution in [0.25, 0.3) is 0 Å². The van der Waals surface area contributed by atoms with E-state index in [1.807, 2.05) is 24.3 Å². The Labute approximate surface area is 131 Å². The van der Waals surface area contributed by atoms with Crippen LogP contribution in [-0.2, 0) is 12.8 Å². The van der Waals surface area contributed by atoms with E-state index >= 15 is 0 Å². The van der Waals surface area contributed by atoms with Crippen molar-refractivity contribution in [2.24, 2.45) is 0 Å². The molecule has 1 atom stereocenters. The number of aryl methyl sites for hydroxylation is 1. The molecule has 0 radical (unpaired) electrons. The van der Waals surface area contributed by atoms with Gasteiger partial charge in [0.15, 0.2) is 0 Å². The predicted octanol–water partition coefficient (Wildman–Crippen LogP) is 4.20. The van der Waals surface area contributed by atoms with E-state index in [4.69, 9.17) is 11.6 Å². The van der Waals surface area contributed by atoms with E-state index in [2.05, 4.69) is 24.4 Å². The fourth-order valence-corrected chi connectivity index (χ4v) is 2.39. The summed E-state index contributed by atoms with van der Waals surface area (Å²) in [5.74, 6) is 0.327. The molecule has 0 saturated carbocycles. The van der Waals surface area contributed by atoms with Gasteiger partial charge in [-0.05, 0) is 68.1 Å². The minimum Gasteiger partial charge on any atom is -0.508 e. The Balaban J connectivity index is 1.66. The second-order valence-electron chi connectivity index (χ2n) is 5.44. The maximum absolute atomic E-state index is 9.25. The van der Waals surface area contributed by atoms with Crippen molar-refractivity contribution in [1.29, 1.82) is 0 Å². The summed E-state index contributed by atoms with van der Waals surface area (Å²) in [4.78, 5) is 0. The lowest BCUT2D eigenvalue weighted by Gasteiger charge is -2.14. The number of aromatic hydroxyl groups is 1. The number of benzene rings is 2. The van der Waals surface area contributed by atoms with Gasteiger partial charge in [-0.2, -0.15) is 0 Å². The van der Waals surface area contributed by atoms with Gasteiger partial charge in [0, 0.05) is 11.1 Å². The molecule has 0 amide bonds. The first-order valence-corrected chi connectivity index (χ1v) is 7.77. The molecule has 3 heteroatoms. The first kappa shape index (κ1) is 15.9. The van der Waals surface area contributed by atoms with Crippen LogP contribution in [0.1, 0.15) is 24.5 Å². The normalized spacial score (nSPS) is 12.3. The van der Waals surface area contributed by atoms with E-state index in [-0.39, 0.29) is 0 Å². The van der Waals surface area contributed by atoms with Crippen molar-refractivity contribution in [3.8, 4) is 5.75 Å². The zero-order chi connectivity index (χ0) is 15.1. The lowest BCUT2D eigenvalue weighted by atomic mass is 10.1. The second kappa shape index (κ2) is 8.06. The third-order valence-electron chi connectivity index (χ3n) is 3.62. The summed E-state index contributed by atoms with van der Waals surface area (Å²) in [5.41, 5.74) is 2.57. The molecule has 2 aromatic rings. The summed E-state index contributed by atoms with van der Waals surface area (Å²) >= 11 is 5.87. The molecule has 21 heavy (non-hydrogen) atoms. The van der Waals surface area contributed by atoms with Crippen LogP contribution in [-0.4, -0.2) is 17.7 Å². The average Bonchev–Trinajstić information content (AvgIpc) is 2.49. The van der Waals surface area contributed by atoms with Crippen molar-refractivity contribution in [3.05, 3.63) is 64.7 Å². The van der Waals surface area contributed by atoms with Crippen LogP contribution in [0.4, 0.5) is 0 Å². The topological polar surface area (TPSA) is 32.3 Å². The molecule has 0 aliphatic rings. The number of halogens is 1. The van der Waals surface area contributed by atoms with E-state index < -0.39 is 0 Å². The molecule has 0 saturated heterocycles. The molecule has 2 aromatic carbocycles. The van der Waals surface area contributed by atoms with Crippen LogP contribution in [0.15, 0.2) is 48.5 Å². The van der Waals surface area contributed by atoms with Crippen molar-refractivity contribution in [2.75, 3.05) is 6.54 Å². The first-order chi connectivity index (χ1) is 10.1. The molecule has 1 unspecified atom stereocenters. The van der Waals surface area contributed by atoms with Gasteiger partial charge in [0.2, 0.25) is 0 Å². The maximum atomic E-state index is 9.25. The quantitative estimate of drug-likeness (QED) is 0.803. The standard InChI is InChI=1S/C18H22ClNO/c1-14(2-3-15-6-10-18(21)11-7-15)20-13-12-16-4-8-17(19)9-5-16/h4-11,14,20-21H,2-3,12-13H2,1H3. The highest BCUT2D eigenvalue weighted by Gasteiger charge is 2.02. The zero-order valence-corrected chi connectivity index (χ0v) is 13.1. The number of rotatable bonds is 7. The minimum atomic E-state index is 0.327. The van der Waals surface area contributed by atoms with Crippen molar-refractivity contribution in [2.45, 2.75) is 32.2 Å². The number of nitrogens with one attached hydrogen (secondary N) is 1. The van der Waals surface area contributed by atoms with E-state index in [0.29, 0.717) is 11.8 Å². The van der Waals surface area contributed by atoms with Gasteiger partial charge in [-0.25, -0.2) is 0 Å². The molecule has 112 valence electrons. The monoisotopic (exact) mass is 303 g/mol. The fourth-order valence-electron chi connectivity index (χ4n) is 2.26. The number of hydrogen-bond acceptors (Lipinski definition) is 2. The zero-order valence-electron chi connectivity index (χ0n) is 12.3. The second-order valence-corrected chi connectivity index (χ2v) is 5.87. The Morgan fingerprint density at radius 2 is 1.52 bits per heavy atom. The molecule has 2 nitrogen and oxygen atoms in total. The molecule has 0 aromatic heterocycles. The van der Waals surface area contributed by atoms with E-state index in [1.54, 1.807) is 12.1 Å². The van der Waals surface area contributed by atoms with Crippen molar-refractivity contribution in [3.63, 3.8) is 0 Å². The molecular formula is C18H22ClNO. The van der Waals surface area contributed by atoms with Crippen LogP contribution in [0, 0.1) is 0 Å². The maximum Gasteiger partial charge on any atom is 0.115 e. The summed E-state index contributed by atoms with van der Waals surface area (Å²) < 4.78 is 0. The molecule has 0 fully saturated rings. The lowest BCUT2D eigenvalue weighted by molar-refractivity contribution is 0.474. The van der Waals surface area contributed by atoms with Gasteiger partial charge >= 0.3 is 0 Å². The highest BCUT2D eigenvalue weighted by atomic mass is 35.5. The third kappa shape index (κ3) is 5.78. The van der Waals surface area contributed by atoms with Gasteiger partial charge in [-0.15, -0.1) is 0 Å². The molecule has 0 spiro atoms. The highest BCUT2D eigenvalue weighted by Crippen LogP contribution is 2.12. The Bertz CT molecular complexity index is 536. The Kier molecular flexibility index (Phi) is 6.09. The van der Waals surface area contributed by atoms with E-state index in [9.17, 15) is 5.11 Å². The van der Waals surface area contributed by atoms with Crippen LogP contribution >= 0.6 is 11.6 Å². The average molecular weight is 304 g/mol. The van der Waals surface area contributed by atoms with Gasteiger partial charge in [0.1, 0.15) is 5.75 Å². The largest absolute Gasteiger partial charge is 0.508 e. The first-order valence-electron chi connectivity index (χ1n) is 7.39. The molecule has 0 bridgehead atoms. The minimum absolute atomic E-state index is 0.327.